The maximum Gasteiger partial charge on any atom is 0.270 e. The van der Waals surface area contributed by atoms with E-state index in [-0.39, 0.29) is 10.6 Å². The van der Waals surface area contributed by atoms with Crippen LogP contribution in [0.15, 0.2) is 24.3 Å². The smallest absolute Gasteiger partial charge is 0.270 e. The van der Waals surface area contributed by atoms with E-state index in [9.17, 15) is 10.1 Å². The average Bonchev–Trinajstić information content (AvgIpc) is 2.40. The number of rotatable bonds is 4. The Labute approximate surface area is 105 Å². The van der Waals surface area contributed by atoms with Gasteiger partial charge in [-0.15, -0.1) is 0 Å². The molecule has 18 heavy (non-hydrogen) atoms. The number of hydrogen-bond acceptors (Lipinski definition) is 4. The van der Waals surface area contributed by atoms with Gasteiger partial charge in [0.2, 0.25) is 0 Å². The lowest BCUT2D eigenvalue weighted by Gasteiger charge is -2.16. The Morgan fingerprint density at radius 1 is 1.50 bits per heavy atom. The number of ether oxygens (including phenoxy) is 2. The molecular weight excluding hydrogens is 234 g/mol. The Balaban J connectivity index is 2.42. The van der Waals surface area contributed by atoms with Crippen molar-refractivity contribution in [3.05, 3.63) is 40.0 Å². The van der Waals surface area contributed by atoms with Gasteiger partial charge in [-0.1, -0.05) is 6.08 Å². The van der Waals surface area contributed by atoms with E-state index in [0.717, 1.165) is 17.6 Å². The summed E-state index contributed by atoms with van der Waals surface area (Å²) in [6.45, 7) is 3.61. The summed E-state index contributed by atoms with van der Waals surface area (Å²) in [6.07, 6.45) is 2.70. The molecule has 2 rings (SSSR count). The molecule has 5 nitrogen and oxygen atoms in total. The van der Waals surface area contributed by atoms with Crippen LogP contribution in [-0.4, -0.2) is 24.7 Å². The minimum absolute atomic E-state index is 0.0841. The normalized spacial score (nSPS) is 15.1. The van der Waals surface area contributed by atoms with E-state index < -0.39 is 0 Å². The lowest BCUT2D eigenvalue weighted by atomic mass is 10.00. The Morgan fingerprint density at radius 2 is 2.33 bits per heavy atom. The molecule has 0 aromatic heterocycles. The Hall–Kier alpha value is -1.88. The lowest BCUT2D eigenvalue weighted by Crippen LogP contribution is -2.06. The molecule has 1 aromatic carbocycles. The minimum Gasteiger partial charge on any atom is -0.493 e. The quantitative estimate of drug-likeness (QED) is 0.608. The van der Waals surface area contributed by atoms with Crippen molar-refractivity contribution >= 4 is 11.3 Å². The van der Waals surface area contributed by atoms with E-state index in [4.69, 9.17) is 9.47 Å². The predicted octanol–water partition coefficient (Wildman–Crippen LogP) is 2.80. The number of hydrogen-bond donors (Lipinski definition) is 0. The summed E-state index contributed by atoms with van der Waals surface area (Å²) in [4.78, 5) is 10.4. The van der Waals surface area contributed by atoms with Crippen LogP contribution in [0.4, 0.5) is 5.69 Å². The van der Waals surface area contributed by atoms with Crippen LogP contribution >= 0.6 is 0 Å². The standard InChI is InChI=1S/C13H15NO4/c1-2-18-13-4-3-11(14(15)16)9-12(13)10-5-7-17-8-6-10/h3-5,9H,2,6-8H2,1H3. The van der Waals surface area contributed by atoms with Crippen molar-refractivity contribution in [3.63, 3.8) is 0 Å². The molecule has 0 bridgehead atoms. The van der Waals surface area contributed by atoms with Crippen molar-refractivity contribution in [2.24, 2.45) is 0 Å². The van der Waals surface area contributed by atoms with Crippen molar-refractivity contribution in [1.82, 2.24) is 0 Å². The first-order valence-corrected chi connectivity index (χ1v) is 5.90. The van der Waals surface area contributed by atoms with Crippen LogP contribution in [0.3, 0.4) is 0 Å². The van der Waals surface area contributed by atoms with E-state index in [1.807, 2.05) is 13.0 Å². The van der Waals surface area contributed by atoms with Gasteiger partial charge in [0.25, 0.3) is 5.69 Å². The Bertz CT molecular complexity index is 482. The van der Waals surface area contributed by atoms with Gasteiger partial charge in [-0.25, -0.2) is 0 Å². The number of nitrogens with zero attached hydrogens (tertiary/aromatic N) is 1. The fraction of sp³-hybridized carbons (Fsp3) is 0.385. The van der Waals surface area contributed by atoms with Gasteiger partial charge in [-0.3, -0.25) is 10.1 Å². The molecule has 0 spiro atoms. The molecule has 0 radical (unpaired) electrons. The fourth-order valence-electron chi connectivity index (χ4n) is 1.94. The van der Waals surface area contributed by atoms with Crippen molar-refractivity contribution < 1.29 is 14.4 Å². The van der Waals surface area contributed by atoms with Crippen LogP contribution in [0.1, 0.15) is 18.9 Å². The van der Waals surface area contributed by atoms with Crippen molar-refractivity contribution in [2.75, 3.05) is 19.8 Å². The SMILES string of the molecule is CCOc1ccc([N+](=O)[O-])cc1C1=CCOCC1. The summed E-state index contributed by atoms with van der Waals surface area (Å²) < 4.78 is 10.8. The van der Waals surface area contributed by atoms with Crippen molar-refractivity contribution in [2.45, 2.75) is 13.3 Å². The van der Waals surface area contributed by atoms with E-state index in [2.05, 4.69) is 0 Å². The van der Waals surface area contributed by atoms with Crippen LogP contribution in [-0.2, 0) is 4.74 Å². The van der Waals surface area contributed by atoms with Gasteiger partial charge in [0.15, 0.2) is 0 Å². The molecule has 0 saturated heterocycles. The molecular formula is C13H15NO4. The highest BCUT2D eigenvalue weighted by atomic mass is 16.6. The summed E-state index contributed by atoms with van der Waals surface area (Å²) in [7, 11) is 0. The summed E-state index contributed by atoms with van der Waals surface area (Å²) in [5.74, 6) is 0.691. The second-order valence-corrected chi connectivity index (χ2v) is 3.92. The molecule has 0 saturated carbocycles. The second-order valence-electron chi connectivity index (χ2n) is 3.92. The molecule has 96 valence electrons. The zero-order valence-electron chi connectivity index (χ0n) is 10.2. The maximum atomic E-state index is 10.8. The van der Waals surface area contributed by atoms with Gasteiger partial charge in [0.05, 0.1) is 24.7 Å². The molecule has 0 fully saturated rings. The zero-order chi connectivity index (χ0) is 13.0. The second kappa shape index (κ2) is 5.64. The van der Waals surface area contributed by atoms with Gasteiger partial charge >= 0.3 is 0 Å². The third-order valence-electron chi connectivity index (χ3n) is 2.78. The van der Waals surface area contributed by atoms with Crippen LogP contribution in [0.25, 0.3) is 5.57 Å². The van der Waals surface area contributed by atoms with Crippen LogP contribution < -0.4 is 4.74 Å². The topological polar surface area (TPSA) is 61.6 Å². The molecule has 1 aromatic rings. The third kappa shape index (κ3) is 2.68. The predicted molar refractivity (Wildman–Crippen MR) is 67.7 cm³/mol. The van der Waals surface area contributed by atoms with E-state index in [1.165, 1.54) is 6.07 Å². The largest absolute Gasteiger partial charge is 0.493 e. The van der Waals surface area contributed by atoms with Gasteiger partial charge in [-0.2, -0.15) is 0 Å². The van der Waals surface area contributed by atoms with Gasteiger partial charge in [-0.05, 0) is 25.0 Å². The highest BCUT2D eigenvalue weighted by Crippen LogP contribution is 2.33. The molecule has 0 amide bonds. The monoisotopic (exact) mass is 249 g/mol. The van der Waals surface area contributed by atoms with Crippen LogP contribution in [0, 0.1) is 10.1 Å². The maximum absolute atomic E-state index is 10.8. The third-order valence-corrected chi connectivity index (χ3v) is 2.78. The number of benzene rings is 1. The molecule has 0 atom stereocenters. The number of non-ortho nitro benzene ring substituents is 1. The average molecular weight is 249 g/mol. The molecule has 1 aliphatic heterocycles. The first-order valence-electron chi connectivity index (χ1n) is 5.90. The molecule has 0 N–H and O–H groups in total. The van der Waals surface area contributed by atoms with E-state index in [1.54, 1.807) is 12.1 Å². The highest BCUT2D eigenvalue weighted by molar-refractivity contribution is 5.73. The summed E-state index contributed by atoms with van der Waals surface area (Å²) in [6, 6.07) is 4.70. The number of nitro groups is 1. The molecule has 0 unspecified atom stereocenters. The fourth-order valence-corrected chi connectivity index (χ4v) is 1.94. The Kier molecular flexibility index (Phi) is 3.94. The summed E-state index contributed by atoms with van der Waals surface area (Å²) in [5.41, 5.74) is 1.93. The zero-order valence-corrected chi connectivity index (χ0v) is 10.2. The van der Waals surface area contributed by atoms with Crippen LogP contribution in [0.2, 0.25) is 0 Å². The van der Waals surface area contributed by atoms with Crippen LogP contribution in [0.5, 0.6) is 5.75 Å². The number of nitro benzene ring substituents is 1. The van der Waals surface area contributed by atoms with Gasteiger partial charge in [0, 0.05) is 17.7 Å². The van der Waals surface area contributed by atoms with Gasteiger partial charge < -0.3 is 9.47 Å². The lowest BCUT2D eigenvalue weighted by molar-refractivity contribution is -0.384. The van der Waals surface area contributed by atoms with Crippen molar-refractivity contribution in [1.29, 1.82) is 0 Å². The Morgan fingerprint density at radius 3 is 2.94 bits per heavy atom. The van der Waals surface area contributed by atoms with E-state index in [0.29, 0.717) is 25.6 Å². The molecule has 1 heterocycles. The summed E-state index contributed by atoms with van der Waals surface area (Å²) in [5, 5.41) is 10.8. The molecule has 1 aliphatic rings. The highest BCUT2D eigenvalue weighted by Gasteiger charge is 2.16. The van der Waals surface area contributed by atoms with Gasteiger partial charge in [0.1, 0.15) is 5.75 Å². The molecule has 0 aliphatic carbocycles. The van der Waals surface area contributed by atoms with Crippen molar-refractivity contribution in [3.8, 4) is 5.75 Å². The van der Waals surface area contributed by atoms with E-state index >= 15 is 0 Å². The minimum atomic E-state index is -0.390. The molecule has 5 heteroatoms. The first-order chi connectivity index (χ1) is 8.72. The first kappa shape index (κ1) is 12.6. The summed E-state index contributed by atoms with van der Waals surface area (Å²) >= 11 is 0.